The van der Waals surface area contributed by atoms with Crippen LogP contribution in [0.15, 0.2) is 85.1 Å². The van der Waals surface area contributed by atoms with Crippen molar-refractivity contribution in [2.75, 3.05) is 14.2 Å². The monoisotopic (exact) mass is 642 g/mol. The summed E-state index contributed by atoms with van der Waals surface area (Å²) in [6.07, 6.45) is 2.21. The lowest BCUT2D eigenvalue weighted by atomic mass is 10.0. The molecular formula is C37H46N4O6. The summed E-state index contributed by atoms with van der Waals surface area (Å²) >= 11 is 0. The Hall–Kier alpha value is -4.67. The quantitative estimate of drug-likeness (QED) is 0.117. The number of hydrogen-bond acceptors (Lipinski definition) is 7. The minimum Gasteiger partial charge on any atom is -0.496 e. The highest BCUT2D eigenvalue weighted by atomic mass is 16.6. The number of fused-ring (bicyclic) bond motifs is 1. The molecule has 2 unspecified atom stereocenters. The third-order valence-electron chi connectivity index (χ3n) is 7.93. The van der Waals surface area contributed by atoms with E-state index in [-0.39, 0.29) is 25.3 Å². The number of H-pyrrole nitrogens is 1. The molecule has 250 valence electrons. The van der Waals surface area contributed by atoms with Gasteiger partial charge in [-0.1, -0.05) is 66.7 Å². The van der Waals surface area contributed by atoms with Crippen molar-refractivity contribution in [2.24, 2.45) is 0 Å². The number of carboxylic acid groups (broad SMARTS) is 1. The lowest BCUT2D eigenvalue weighted by Crippen LogP contribution is -2.62. The molecule has 3 atom stereocenters. The van der Waals surface area contributed by atoms with Crippen LogP contribution in [0, 0.1) is 0 Å². The molecule has 0 bridgehead atoms. The first kappa shape index (κ1) is 35.2. The van der Waals surface area contributed by atoms with E-state index >= 15 is 0 Å². The van der Waals surface area contributed by atoms with Gasteiger partial charge in [0.1, 0.15) is 23.4 Å². The van der Waals surface area contributed by atoms with Gasteiger partial charge in [0.2, 0.25) is 5.91 Å². The van der Waals surface area contributed by atoms with Gasteiger partial charge >= 0.3 is 11.9 Å². The Morgan fingerprint density at radius 1 is 0.915 bits per heavy atom. The second-order valence-corrected chi connectivity index (χ2v) is 12.8. The maximum atomic E-state index is 14.5. The smallest absolute Gasteiger partial charge is 0.325 e. The zero-order chi connectivity index (χ0) is 34.1. The van der Waals surface area contributed by atoms with Gasteiger partial charge in [-0.3, -0.25) is 14.4 Å². The summed E-state index contributed by atoms with van der Waals surface area (Å²) in [5, 5.41) is 12.6. The number of aromatic amines is 1. The minimum atomic E-state index is -1.01. The first-order valence-electron chi connectivity index (χ1n) is 15.8. The van der Waals surface area contributed by atoms with Crippen LogP contribution in [0.3, 0.4) is 0 Å². The van der Waals surface area contributed by atoms with Crippen molar-refractivity contribution in [1.29, 1.82) is 0 Å². The van der Waals surface area contributed by atoms with E-state index in [9.17, 15) is 19.5 Å². The molecule has 0 radical (unpaired) electrons. The number of aliphatic carboxylic acids is 1. The average Bonchev–Trinajstić information content (AvgIpc) is 3.44. The van der Waals surface area contributed by atoms with Crippen molar-refractivity contribution < 1.29 is 29.0 Å². The van der Waals surface area contributed by atoms with Gasteiger partial charge in [-0.05, 0) is 63.8 Å². The fraction of sp³-hybridized carbons (Fsp3) is 0.378. The van der Waals surface area contributed by atoms with Crippen LogP contribution in [0.4, 0.5) is 0 Å². The van der Waals surface area contributed by atoms with Crippen molar-refractivity contribution >= 4 is 28.7 Å². The third-order valence-corrected chi connectivity index (χ3v) is 7.93. The highest BCUT2D eigenvalue weighted by molar-refractivity contribution is 5.84. The number of carbonyl (C=O) groups is 3. The molecule has 0 spiro atoms. The molecule has 4 rings (SSSR count). The van der Waals surface area contributed by atoms with Crippen molar-refractivity contribution in [2.45, 2.75) is 77.2 Å². The van der Waals surface area contributed by atoms with E-state index in [4.69, 9.17) is 9.47 Å². The number of hydrogen-bond donors (Lipinski definition) is 3. The van der Waals surface area contributed by atoms with Crippen LogP contribution in [0.2, 0.25) is 0 Å². The fourth-order valence-electron chi connectivity index (χ4n) is 5.69. The maximum Gasteiger partial charge on any atom is 0.325 e. The second kappa shape index (κ2) is 15.8. The first-order chi connectivity index (χ1) is 22.4. The molecule has 0 fully saturated rings. The van der Waals surface area contributed by atoms with Crippen LogP contribution >= 0.6 is 0 Å². The first-order valence-corrected chi connectivity index (χ1v) is 15.8. The molecule has 0 saturated carbocycles. The highest BCUT2D eigenvalue weighted by Gasteiger charge is 2.38. The van der Waals surface area contributed by atoms with Crippen molar-refractivity contribution in [3.8, 4) is 5.75 Å². The van der Waals surface area contributed by atoms with Gasteiger partial charge in [0.15, 0.2) is 0 Å². The SMILES string of the molecule is COc1ccccc1CN(C)C(=O)C(Cc1ccccc1)N(N[C@H](CC(=O)O)Cc1c[nH]c2ccccc12)C(C)C(=O)OC(C)(C)C. The van der Waals surface area contributed by atoms with Crippen LogP contribution in [-0.2, 0) is 38.5 Å². The summed E-state index contributed by atoms with van der Waals surface area (Å²) < 4.78 is 11.3. The summed E-state index contributed by atoms with van der Waals surface area (Å²) in [6.45, 7) is 7.29. The van der Waals surface area contributed by atoms with Gasteiger partial charge in [-0.15, -0.1) is 0 Å². The number of carboxylic acids is 1. The van der Waals surface area contributed by atoms with Gasteiger partial charge in [0, 0.05) is 42.3 Å². The average molecular weight is 643 g/mol. The highest BCUT2D eigenvalue weighted by Crippen LogP contribution is 2.24. The Balaban J connectivity index is 1.75. The number of ether oxygens (including phenoxy) is 2. The number of nitrogens with one attached hydrogen (secondary N) is 2. The summed E-state index contributed by atoms with van der Waals surface area (Å²) in [7, 11) is 3.30. The number of para-hydroxylation sites is 2. The van der Waals surface area contributed by atoms with Gasteiger partial charge in [0.25, 0.3) is 0 Å². The molecule has 1 aromatic heterocycles. The van der Waals surface area contributed by atoms with Crippen LogP contribution in [0.5, 0.6) is 5.75 Å². The number of hydrazine groups is 1. The van der Waals surface area contributed by atoms with E-state index in [1.807, 2.05) is 85.1 Å². The number of esters is 1. The molecule has 1 amide bonds. The molecule has 0 saturated heterocycles. The lowest BCUT2D eigenvalue weighted by molar-refractivity contribution is -0.165. The zero-order valence-electron chi connectivity index (χ0n) is 28.0. The Bertz CT molecular complexity index is 1650. The number of amides is 1. The Labute approximate surface area is 276 Å². The van der Waals surface area contributed by atoms with E-state index in [1.54, 1.807) is 51.8 Å². The van der Waals surface area contributed by atoms with Gasteiger partial charge < -0.3 is 24.5 Å². The number of likely N-dealkylation sites (N-methyl/N-ethyl adjacent to an activating group) is 1. The molecule has 10 nitrogen and oxygen atoms in total. The Morgan fingerprint density at radius 2 is 1.57 bits per heavy atom. The number of aromatic nitrogens is 1. The van der Waals surface area contributed by atoms with E-state index in [0.717, 1.165) is 27.6 Å². The van der Waals surface area contributed by atoms with Crippen LogP contribution < -0.4 is 10.2 Å². The molecule has 1 heterocycles. The second-order valence-electron chi connectivity index (χ2n) is 12.8. The molecule has 4 aromatic rings. The van der Waals surface area contributed by atoms with Crippen LogP contribution in [0.1, 0.15) is 50.8 Å². The Kier molecular flexibility index (Phi) is 11.8. The normalized spacial score (nSPS) is 13.6. The molecule has 0 aliphatic rings. The standard InChI is InChI=1S/C37H46N4O6/c1-25(36(45)47-37(2,3)4)41(39-29(22-34(42)43)21-28-23-38-31-18-12-11-17-30(28)31)32(20-26-14-8-7-9-15-26)35(44)40(5)24-27-16-10-13-19-33(27)46-6/h7-19,23,25,29,32,38-39H,20-22,24H2,1-6H3,(H,42,43)/t25?,29-,32?/m0/s1. The summed E-state index contributed by atoms with van der Waals surface area (Å²) in [6, 6.07) is 22.3. The van der Waals surface area contributed by atoms with Gasteiger partial charge in [-0.25, -0.2) is 10.4 Å². The van der Waals surface area contributed by atoms with Crippen molar-refractivity contribution in [3.05, 3.63) is 102 Å². The molecule has 3 aromatic carbocycles. The van der Waals surface area contributed by atoms with Crippen molar-refractivity contribution in [3.63, 3.8) is 0 Å². The van der Waals surface area contributed by atoms with Gasteiger partial charge in [-0.2, -0.15) is 0 Å². The minimum absolute atomic E-state index is 0.250. The lowest BCUT2D eigenvalue weighted by Gasteiger charge is -2.39. The predicted octanol–water partition coefficient (Wildman–Crippen LogP) is 5.37. The van der Waals surface area contributed by atoms with E-state index in [1.165, 1.54) is 0 Å². The Morgan fingerprint density at radius 3 is 2.26 bits per heavy atom. The van der Waals surface area contributed by atoms with Crippen molar-refractivity contribution in [1.82, 2.24) is 20.3 Å². The van der Waals surface area contributed by atoms with E-state index in [0.29, 0.717) is 12.2 Å². The summed E-state index contributed by atoms with van der Waals surface area (Å²) in [5.41, 5.74) is 6.15. The topological polar surface area (TPSA) is 124 Å². The predicted molar refractivity (Wildman–Crippen MR) is 182 cm³/mol. The number of rotatable bonds is 15. The number of carbonyl (C=O) groups excluding carboxylic acids is 2. The molecule has 0 aliphatic carbocycles. The summed E-state index contributed by atoms with van der Waals surface area (Å²) in [5.74, 6) is -1.15. The zero-order valence-corrected chi connectivity index (χ0v) is 28.0. The number of nitrogens with zero attached hydrogens (tertiary/aromatic N) is 2. The molecule has 3 N–H and O–H groups in total. The third kappa shape index (κ3) is 9.67. The number of methoxy groups -OCH3 is 1. The van der Waals surface area contributed by atoms with E-state index in [2.05, 4.69) is 10.4 Å². The largest absolute Gasteiger partial charge is 0.496 e. The van der Waals surface area contributed by atoms with Gasteiger partial charge in [0.05, 0.1) is 13.5 Å². The maximum absolute atomic E-state index is 14.5. The molecule has 0 aliphatic heterocycles. The summed E-state index contributed by atoms with van der Waals surface area (Å²) in [4.78, 5) is 45.2. The van der Waals surface area contributed by atoms with Crippen LogP contribution in [0.25, 0.3) is 10.9 Å². The van der Waals surface area contributed by atoms with E-state index < -0.39 is 35.7 Å². The molecule has 10 heteroatoms. The fourth-order valence-corrected chi connectivity index (χ4v) is 5.69. The molecule has 47 heavy (non-hydrogen) atoms. The molecular weight excluding hydrogens is 596 g/mol. The number of benzene rings is 3. The van der Waals surface area contributed by atoms with Crippen LogP contribution in [-0.4, -0.2) is 75.7 Å².